The van der Waals surface area contributed by atoms with E-state index in [4.69, 9.17) is 4.42 Å². The molecule has 5 nitrogen and oxygen atoms in total. The number of fused-ring (bicyclic) bond motifs is 5. The van der Waals surface area contributed by atoms with Crippen LogP contribution in [0.1, 0.15) is 41.4 Å². The molecule has 2 aromatic rings. The Morgan fingerprint density at radius 1 is 1.12 bits per heavy atom. The van der Waals surface area contributed by atoms with Gasteiger partial charge in [0, 0.05) is 43.5 Å². The molecule has 1 aromatic carbocycles. The van der Waals surface area contributed by atoms with Crippen molar-refractivity contribution in [3.63, 3.8) is 0 Å². The summed E-state index contributed by atoms with van der Waals surface area (Å²) in [4.78, 5) is 28.9. The predicted molar refractivity (Wildman–Crippen MR) is 95.5 cm³/mol. The van der Waals surface area contributed by atoms with Gasteiger partial charge in [0.05, 0.1) is 0 Å². The van der Waals surface area contributed by atoms with Crippen LogP contribution in [0, 0.1) is 19.8 Å². The number of hydrogen-bond donors (Lipinski definition) is 0. The van der Waals surface area contributed by atoms with Crippen LogP contribution in [0.3, 0.4) is 0 Å². The molecular weight excluding hydrogens is 316 g/mol. The van der Waals surface area contributed by atoms with Crippen LogP contribution in [-0.4, -0.2) is 47.3 Å². The zero-order valence-corrected chi connectivity index (χ0v) is 15.0. The van der Waals surface area contributed by atoms with E-state index in [2.05, 4.69) is 0 Å². The van der Waals surface area contributed by atoms with Gasteiger partial charge in [0.15, 0.2) is 5.76 Å². The van der Waals surface area contributed by atoms with Gasteiger partial charge in [-0.3, -0.25) is 9.59 Å². The molecule has 4 heterocycles. The fraction of sp³-hybridized carbons (Fsp3) is 0.500. The first-order valence-electron chi connectivity index (χ1n) is 9.00. The first-order valence-corrected chi connectivity index (χ1v) is 9.00. The number of nitrogens with zero attached hydrogens (tertiary/aromatic N) is 2. The first-order chi connectivity index (χ1) is 11.9. The number of carbonyl (C=O) groups excluding carboxylic acids is 2. The molecule has 25 heavy (non-hydrogen) atoms. The zero-order valence-electron chi connectivity index (χ0n) is 15.0. The van der Waals surface area contributed by atoms with Crippen molar-refractivity contribution in [1.82, 2.24) is 9.80 Å². The number of piperidine rings is 1. The lowest BCUT2D eigenvalue weighted by Crippen LogP contribution is -2.47. The number of hydrogen-bond acceptors (Lipinski definition) is 3. The highest BCUT2D eigenvalue weighted by molar-refractivity contribution is 5.99. The Hall–Kier alpha value is -2.30. The minimum Gasteiger partial charge on any atom is -0.451 e. The Kier molecular flexibility index (Phi) is 3.82. The van der Waals surface area contributed by atoms with E-state index in [1.807, 2.05) is 41.8 Å². The van der Waals surface area contributed by atoms with Gasteiger partial charge in [-0.15, -0.1) is 0 Å². The maximum atomic E-state index is 13.2. The van der Waals surface area contributed by atoms with Gasteiger partial charge in [-0.25, -0.2) is 0 Å². The molecule has 2 atom stereocenters. The summed E-state index contributed by atoms with van der Waals surface area (Å²) in [6.45, 7) is 7.69. The summed E-state index contributed by atoms with van der Waals surface area (Å²) < 4.78 is 5.95. The molecule has 0 aliphatic carbocycles. The average molecular weight is 340 g/mol. The van der Waals surface area contributed by atoms with Crippen LogP contribution in [0.4, 0.5) is 0 Å². The highest BCUT2D eigenvalue weighted by atomic mass is 16.3. The summed E-state index contributed by atoms with van der Waals surface area (Å²) in [6, 6.07) is 6.12. The number of carbonyl (C=O) groups is 2. The molecule has 3 saturated heterocycles. The normalized spacial score (nSPS) is 23.2. The SMILES string of the molecule is CC(=O)N1C[C@H]2CC[C@@H](C1)N(C(=O)c1oc3cc(C)ccc3c1C)C2. The molecule has 0 N–H and O–H groups in total. The summed E-state index contributed by atoms with van der Waals surface area (Å²) in [6.07, 6.45) is 2.04. The van der Waals surface area contributed by atoms with Crippen molar-refractivity contribution in [2.75, 3.05) is 19.6 Å². The lowest BCUT2D eigenvalue weighted by Gasteiger charge is -2.35. The van der Waals surface area contributed by atoms with E-state index in [1.165, 1.54) is 0 Å². The Morgan fingerprint density at radius 3 is 2.68 bits per heavy atom. The van der Waals surface area contributed by atoms with Crippen LogP contribution >= 0.6 is 0 Å². The molecule has 2 amide bonds. The summed E-state index contributed by atoms with van der Waals surface area (Å²) in [5.74, 6) is 0.870. The molecule has 132 valence electrons. The Labute approximate surface area is 147 Å². The van der Waals surface area contributed by atoms with Crippen molar-refractivity contribution in [3.8, 4) is 0 Å². The lowest BCUT2D eigenvalue weighted by molar-refractivity contribution is -0.129. The van der Waals surface area contributed by atoms with E-state index in [0.717, 1.165) is 41.5 Å². The van der Waals surface area contributed by atoms with E-state index in [1.54, 1.807) is 6.92 Å². The van der Waals surface area contributed by atoms with Gasteiger partial charge >= 0.3 is 0 Å². The van der Waals surface area contributed by atoms with Gasteiger partial charge in [-0.1, -0.05) is 12.1 Å². The fourth-order valence-corrected chi connectivity index (χ4v) is 4.25. The van der Waals surface area contributed by atoms with E-state index >= 15 is 0 Å². The van der Waals surface area contributed by atoms with Gasteiger partial charge in [-0.05, 0) is 44.2 Å². The van der Waals surface area contributed by atoms with Crippen LogP contribution in [-0.2, 0) is 4.79 Å². The summed E-state index contributed by atoms with van der Waals surface area (Å²) in [5.41, 5.74) is 2.79. The predicted octanol–water partition coefficient (Wildman–Crippen LogP) is 3.13. The second-order valence-electron chi connectivity index (χ2n) is 7.53. The molecule has 0 saturated carbocycles. The second-order valence-corrected chi connectivity index (χ2v) is 7.53. The first kappa shape index (κ1) is 16.2. The van der Waals surface area contributed by atoms with Crippen LogP contribution < -0.4 is 0 Å². The third-order valence-corrected chi connectivity index (χ3v) is 5.71. The smallest absolute Gasteiger partial charge is 0.290 e. The van der Waals surface area contributed by atoms with Crippen LogP contribution in [0.5, 0.6) is 0 Å². The van der Waals surface area contributed by atoms with E-state index in [0.29, 0.717) is 24.8 Å². The molecule has 3 aliphatic rings. The maximum absolute atomic E-state index is 13.2. The zero-order chi connectivity index (χ0) is 17.7. The topological polar surface area (TPSA) is 53.8 Å². The standard InChI is InChI=1S/C20H24N2O3/c1-12-4-7-17-13(2)19(25-18(17)8-12)20(24)22-10-15-5-6-16(22)11-21(9-15)14(3)23/h4,7-8,15-16H,5-6,9-11H2,1-3H3/t15-,16+/m1/s1. The third kappa shape index (κ3) is 2.71. The maximum Gasteiger partial charge on any atom is 0.290 e. The van der Waals surface area contributed by atoms with Crippen molar-refractivity contribution in [3.05, 3.63) is 35.1 Å². The van der Waals surface area contributed by atoms with Crippen molar-refractivity contribution in [2.45, 2.75) is 39.7 Å². The minimum atomic E-state index is -0.0357. The molecule has 1 aromatic heterocycles. The molecule has 5 heteroatoms. The highest BCUT2D eigenvalue weighted by Gasteiger charge is 2.39. The second kappa shape index (κ2) is 5.90. The number of amides is 2. The van der Waals surface area contributed by atoms with Crippen LogP contribution in [0.2, 0.25) is 0 Å². The quantitative estimate of drug-likeness (QED) is 0.801. The lowest BCUT2D eigenvalue weighted by atomic mass is 9.94. The molecule has 3 aliphatic heterocycles. The number of aryl methyl sites for hydroxylation is 2. The van der Waals surface area contributed by atoms with Gasteiger partial charge < -0.3 is 14.2 Å². The summed E-state index contributed by atoms with van der Waals surface area (Å²) in [5, 5.41) is 0.999. The van der Waals surface area contributed by atoms with Gasteiger partial charge in [0.2, 0.25) is 5.91 Å². The summed E-state index contributed by atoms with van der Waals surface area (Å²) in [7, 11) is 0. The Bertz CT molecular complexity index is 854. The van der Waals surface area contributed by atoms with E-state index in [9.17, 15) is 9.59 Å². The molecule has 3 fully saturated rings. The highest BCUT2D eigenvalue weighted by Crippen LogP contribution is 2.32. The molecule has 0 unspecified atom stereocenters. The molecular formula is C20H24N2O3. The average Bonchev–Trinajstić information content (AvgIpc) is 2.76. The Balaban J connectivity index is 1.67. The van der Waals surface area contributed by atoms with Crippen molar-refractivity contribution < 1.29 is 14.0 Å². The van der Waals surface area contributed by atoms with Crippen molar-refractivity contribution in [1.29, 1.82) is 0 Å². The van der Waals surface area contributed by atoms with Crippen molar-refractivity contribution >= 4 is 22.8 Å². The molecule has 2 bridgehead atoms. The van der Waals surface area contributed by atoms with Gasteiger partial charge in [0.1, 0.15) is 5.58 Å². The fourth-order valence-electron chi connectivity index (χ4n) is 4.25. The molecule has 0 spiro atoms. The molecule has 0 radical (unpaired) electrons. The van der Waals surface area contributed by atoms with Crippen LogP contribution in [0.15, 0.2) is 22.6 Å². The largest absolute Gasteiger partial charge is 0.451 e. The van der Waals surface area contributed by atoms with Gasteiger partial charge in [-0.2, -0.15) is 0 Å². The van der Waals surface area contributed by atoms with E-state index < -0.39 is 0 Å². The third-order valence-electron chi connectivity index (χ3n) is 5.71. The molecule has 5 rings (SSSR count). The van der Waals surface area contributed by atoms with Gasteiger partial charge in [0.25, 0.3) is 5.91 Å². The number of furan rings is 1. The number of rotatable bonds is 1. The van der Waals surface area contributed by atoms with Crippen LogP contribution in [0.25, 0.3) is 11.0 Å². The minimum absolute atomic E-state index is 0.0357. The number of benzene rings is 1. The monoisotopic (exact) mass is 340 g/mol. The summed E-state index contributed by atoms with van der Waals surface area (Å²) >= 11 is 0. The Morgan fingerprint density at radius 2 is 1.92 bits per heavy atom. The van der Waals surface area contributed by atoms with E-state index in [-0.39, 0.29) is 17.9 Å². The van der Waals surface area contributed by atoms with Crippen molar-refractivity contribution in [2.24, 2.45) is 5.92 Å².